The molecule has 0 saturated heterocycles. The third-order valence-corrected chi connectivity index (χ3v) is 4.35. The summed E-state index contributed by atoms with van der Waals surface area (Å²) in [5.74, 6) is -4.22. The highest BCUT2D eigenvalue weighted by atomic mass is 16.6. The van der Waals surface area contributed by atoms with Gasteiger partial charge in [-0.1, -0.05) is 12.1 Å². The normalized spacial score (nSPS) is 12.6. The molecule has 0 saturated carbocycles. The van der Waals surface area contributed by atoms with Crippen LogP contribution in [0.1, 0.15) is 32.1 Å². The lowest BCUT2D eigenvalue weighted by Crippen LogP contribution is -2.37. The Morgan fingerprint density at radius 3 is 1.53 bits per heavy atom. The number of carbonyl (C=O) groups is 4. The summed E-state index contributed by atoms with van der Waals surface area (Å²) in [4.78, 5) is 62.4. The van der Waals surface area contributed by atoms with Crippen molar-refractivity contribution in [1.29, 1.82) is 0 Å². The lowest BCUT2D eigenvalue weighted by atomic mass is 10.1. The minimum absolute atomic E-state index is 0.0680. The molecule has 0 amide bonds. The van der Waals surface area contributed by atoms with E-state index in [0.29, 0.717) is 11.4 Å². The SMILES string of the molecule is N[C@@H](Cc1cnc[nH]1)C(=O)OC(=O)c1ccccc1C(=O)OC(=O)[C@@H](N)Cc1cnc[nH]1. The number of nitrogens with zero attached hydrogens (tertiary/aromatic N) is 2. The van der Waals surface area contributed by atoms with Crippen molar-refractivity contribution < 1.29 is 28.7 Å². The number of aromatic amines is 2. The number of imidazole rings is 2. The van der Waals surface area contributed by atoms with Gasteiger partial charge >= 0.3 is 23.9 Å². The highest BCUT2D eigenvalue weighted by Gasteiger charge is 2.27. The number of carbonyl (C=O) groups excluding carboxylic acids is 4. The van der Waals surface area contributed by atoms with E-state index < -0.39 is 36.0 Å². The molecule has 2 aromatic heterocycles. The Balaban J connectivity index is 1.63. The highest BCUT2D eigenvalue weighted by molar-refractivity contribution is 6.08. The molecule has 1 aromatic carbocycles. The van der Waals surface area contributed by atoms with E-state index in [9.17, 15) is 19.2 Å². The monoisotopic (exact) mass is 440 g/mol. The number of esters is 4. The summed E-state index contributed by atoms with van der Waals surface area (Å²) in [6, 6.07) is 3.13. The van der Waals surface area contributed by atoms with Gasteiger partial charge < -0.3 is 30.9 Å². The molecule has 2 heterocycles. The molecule has 0 aliphatic rings. The van der Waals surface area contributed by atoms with Crippen molar-refractivity contribution in [2.75, 3.05) is 0 Å². The largest absolute Gasteiger partial charge is 0.388 e. The van der Waals surface area contributed by atoms with Crippen LogP contribution in [0.5, 0.6) is 0 Å². The van der Waals surface area contributed by atoms with E-state index in [2.05, 4.69) is 19.9 Å². The average Bonchev–Trinajstić information content (AvgIpc) is 3.47. The molecule has 0 spiro atoms. The Hall–Kier alpha value is -4.16. The minimum Gasteiger partial charge on any atom is -0.388 e. The summed E-state index contributed by atoms with van der Waals surface area (Å²) >= 11 is 0. The Kier molecular flexibility index (Phi) is 7.21. The topological polar surface area (TPSA) is 196 Å². The second kappa shape index (κ2) is 10.2. The fourth-order valence-corrected chi connectivity index (χ4v) is 2.72. The number of nitrogens with two attached hydrogens (primary N) is 2. The number of hydrogen-bond donors (Lipinski definition) is 4. The van der Waals surface area contributed by atoms with Crippen molar-refractivity contribution in [1.82, 2.24) is 19.9 Å². The molecule has 0 bridgehead atoms. The van der Waals surface area contributed by atoms with E-state index in [4.69, 9.17) is 20.9 Å². The van der Waals surface area contributed by atoms with Gasteiger partial charge in [0.05, 0.1) is 23.8 Å². The lowest BCUT2D eigenvalue weighted by Gasteiger charge is -2.12. The summed E-state index contributed by atoms with van der Waals surface area (Å²) in [6.45, 7) is 0. The van der Waals surface area contributed by atoms with Crippen LogP contribution in [-0.2, 0) is 31.9 Å². The smallest absolute Gasteiger partial charge is 0.346 e. The van der Waals surface area contributed by atoms with E-state index in [0.717, 1.165) is 0 Å². The molecule has 2 atom stereocenters. The van der Waals surface area contributed by atoms with Crippen LogP contribution in [0, 0.1) is 0 Å². The second-order valence-corrected chi connectivity index (χ2v) is 6.74. The first-order valence-electron chi connectivity index (χ1n) is 9.42. The molecule has 12 heteroatoms. The Labute approximate surface area is 181 Å². The lowest BCUT2D eigenvalue weighted by molar-refractivity contribution is -0.140. The van der Waals surface area contributed by atoms with Gasteiger partial charge in [-0.15, -0.1) is 0 Å². The van der Waals surface area contributed by atoms with E-state index in [1.807, 2.05) is 0 Å². The number of rotatable bonds is 8. The summed E-state index contributed by atoms with van der Waals surface area (Å²) in [6.07, 6.45) is 5.94. The van der Waals surface area contributed by atoms with Gasteiger partial charge in [0, 0.05) is 36.6 Å². The zero-order valence-electron chi connectivity index (χ0n) is 16.7. The molecule has 6 N–H and O–H groups in total. The van der Waals surface area contributed by atoms with Gasteiger partial charge in [-0.05, 0) is 12.1 Å². The third-order valence-electron chi connectivity index (χ3n) is 4.35. The first-order chi connectivity index (χ1) is 15.3. The van der Waals surface area contributed by atoms with Gasteiger partial charge in [-0.2, -0.15) is 0 Å². The predicted octanol–water partition coefficient (Wildman–Crippen LogP) is -0.360. The first kappa shape index (κ1) is 22.5. The molecule has 3 rings (SSSR count). The van der Waals surface area contributed by atoms with Crippen molar-refractivity contribution >= 4 is 23.9 Å². The summed E-state index contributed by atoms with van der Waals surface area (Å²) in [5, 5.41) is 0. The van der Waals surface area contributed by atoms with Gasteiger partial charge in [0.2, 0.25) is 0 Å². The van der Waals surface area contributed by atoms with Crippen molar-refractivity contribution in [3.8, 4) is 0 Å². The Morgan fingerprint density at radius 1 is 0.781 bits per heavy atom. The second-order valence-electron chi connectivity index (χ2n) is 6.74. The number of aromatic nitrogens is 4. The number of benzene rings is 1. The van der Waals surface area contributed by atoms with Crippen LogP contribution in [0.2, 0.25) is 0 Å². The maximum absolute atomic E-state index is 12.5. The zero-order chi connectivity index (χ0) is 23.1. The number of nitrogens with one attached hydrogen (secondary N) is 2. The van der Waals surface area contributed by atoms with Crippen molar-refractivity contribution in [3.63, 3.8) is 0 Å². The molecule has 12 nitrogen and oxygen atoms in total. The van der Waals surface area contributed by atoms with Crippen molar-refractivity contribution in [2.24, 2.45) is 11.5 Å². The van der Waals surface area contributed by atoms with Crippen LogP contribution in [0.15, 0.2) is 49.3 Å². The maximum atomic E-state index is 12.5. The molecule has 3 aromatic rings. The van der Waals surface area contributed by atoms with Crippen LogP contribution in [0.4, 0.5) is 0 Å². The molecular weight excluding hydrogens is 420 g/mol. The zero-order valence-corrected chi connectivity index (χ0v) is 16.7. The van der Waals surface area contributed by atoms with Crippen LogP contribution >= 0.6 is 0 Å². The summed E-state index contributed by atoms with van der Waals surface area (Å²) in [5.41, 5.74) is 12.1. The number of ether oxygens (including phenoxy) is 2. The maximum Gasteiger partial charge on any atom is 0.346 e. The quantitative estimate of drug-likeness (QED) is 0.265. The average molecular weight is 440 g/mol. The molecule has 0 radical (unpaired) electrons. The van der Waals surface area contributed by atoms with Gasteiger partial charge in [0.15, 0.2) is 0 Å². The fourth-order valence-electron chi connectivity index (χ4n) is 2.72. The molecule has 166 valence electrons. The fraction of sp³-hybridized carbons (Fsp3) is 0.200. The van der Waals surface area contributed by atoms with Crippen molar-refractivity contribution in [3.05, 3.63) is 71.8 Å². The Morgan fingerprint density at radius 2 is 1.19 bits per heavy atom. The Bertz CT molecular complexity index is 1010. The van der Waals surface area contributed by atoms with Crippen molar-refractivity contribution in [2.45, 2.75) is 24.9 Å². The van der Waals surface area contributed by atoms with E-state index in [-0.39, 0.29) is 24.0 Å². The highest BCUT2D eigenvalue weighted by Crippen LogP contribution is 2.13. The summed E-state index contributed by atoms with van der Waals surface area (Å²) in [7, 11) is 0. The molecule has 32 heavy (non-hydrogen) atoms. The molecule has 0 unspecified atom stereocenters. The minimum atomic E-state index is -1.14. The van der Waals surface area contributed by atoms with E-state index in [1.165, 1.54) is 49.3 Å². The van der Waals surface area contributed by atoms with Crippen LogP contribution in [-0.4, -0.2) is 55.9 Å². The number of hydrogen-bond acceptors (Lipinski definition) is 10. The van der Waals surface area contributed by atoms with Crippen LogP contribution in [0.3, 0.4) is 0 Å². The van der Waals surface area contributed by atoms with Crippen LogP contribution in [0.25, 0.3) is 0 Å². The van der Waals surface area contributed by atoms with Gasteiger partial charge in [0.1, 0.15) is 12.1 Å². The first-order valence-corrected chi connectivity index (χ1v) is 9.42. The predicted molar refractivity (Wildman–Crippen MR) is 108 cm³/mol. The molecule has 0 aliphatic heterocycles. The third kappa shape index (κ3) is 5.71. The van der Waals surface area contributed by atoms with Gasteiger partial charge in [-0.25, -0.2) is 29.1 Å². The van der Waals surface area contributed by atoms with E-state index >= 15 is 0 Å². The molecule has 0 aliphatic carbocycles. The van der Waals surface area contributed by atoms with Gasteiger partial charge in [0.25, 0.3) is 0 Å². The van der Waals surface area contributed by atoms with Gasteiger partial charge in [-0.3, -0.25) is 0 Å². The van der Waals surface area contributed by atoms with Crippen LogP contribution < -0.4 is 11.5 Å². The molecule has 0 fully saturated rings. The standard InChI is InChI=1S/C20H20N6O6/c21-15(5-11-7-23-9-25-11)19(29)31-17(27)13-3-1-2-4-14(13)18(28)32-20(30)16(22)6-12-8-24-10-26-12/h1-4,7-10,15-16H,5-6,21-22H2,(H,23,25)(H,24,26)/t15-,16-/m0/s1. The van der Waals surface area contributed by atoms with E-state index in [1.54, 1.807) is 0 Å². The molecular formula is C20H20N6O6. The number of H-pyrrole nitrogens is 2. The summed E-state index contributed by atoms with van der Waals surface area (Å²) < 4.78 is 9.59.